The summed E-state index contributed by atoms with van der Waals surface area (Å²) >= 11 is 0. The molecule has 0 spiro atoms. The molecule has 228 valence electrons. The van der Waals surface area contributed by atoms with Crippen LogP contribution in [0.25, 0.3) is 98.8 Å². The van der Waals surface area contributed by atoms with Crippen LogP contribution >= 0.6 is 0 Å². The lowest BCUT2D eigenvalue weighted by molar-refractivity contribution is 0.673. The molecule has 0 fully saturated rings. The SMILES string of the molecule is c1ccc(-c2ccc(-c3c4ccccc4c(-c4cccc5oc6c7ccccc7ccc6c45)c4cc(-c5ccccc5)ccc34)cc2)cc1. The highest BCUT2D eigenvalue weighted by atomic mass is 16.3. The van der Waals surface area contributed by atoms with Crippen LogP contribution in [-0.4, -0.2) is 0 Å². The Balaban J connectivity index is 1.31. The van der Waals surface area contributed by atoms with Gasteiger partial charge >= 0.3 is 0 Å². The lowest BCUT2D eigenvalue weighted by atomic mass is 9.83. The topological polar surface area (TPSA) is 13.1 Å². The molecule has 0 aliphatic rings. The number of hydrogen-bond acceptors (Lipinski definition) is 1. The highest BCUT2D eigenvalue weighted by Gasteiger charge is 2.21. The van der Waals surface area contributed by atoms with E-state index in [4.69, 9.17) is 4.42 Å². The predicted molar refractivity (Wildman–Crippen MR) is 208 cm³/mol. The third kappa shape index (κ3) is 4.40. The Bertz CT molecular complexity index is 2840. The van der Waals surface area contributed by atoms with Gasteiger partial charge in [-0.1, -0.05) is 164 Å². The average molecular weight is 623 g/mol. The van der Waals surface area contributed by atoms with Gasteiger partial charge in [0.05, 0.1) is 0 Å². The Morgan fingerprint density at radius 3 is 1.61 bits per heavy atom. The molecule has 0 unspecified atom stereocenters. The van der Waals surface area contributed by atoms with Gasteiger partial charge in [-0.05, 0) is 89.6 Å². The molecular formula is C48H30O. The zero-order valence-electron chi connectivity index (χ0n) is 26.7. The van der Waals surface area contributed by atoms with Crippen LogP contribution in [0.5, 0.6) is 0 Å². The van der Waals surface area contributed by atoms with Gasteiger partial charge in [0, 0.05) is 16.2 Å². The predicted octanol–water partition coefficient (Wildman–Crippen LogP) is 13.7. The molecule has 0 radical (unpaired) electrons. The van der Waals surface area contributed by atoms with Crippen LogP contribution in [0.2, 0.25) is 0 Å². The number of benzene rings is 9. The van der Waals surface area contributed by atoms with Crippen molar-refractivity contribution in [2.24, 2.45) is 0 Å². The van der Waals surface area contributed by atoms with Crippen molar-refractivity contribution >= 4 is 54.3 Å². The zero-order chi connectivity index (χ0) is 32.3. The fraction of sp³-hybridized carbons (Fsp3) is 0. The van der Waals surface area contributed by atoms with E-state index >= 15 is 0 Å². The summed E-state index contributed by atoms with van der Waals surface area (Å²) in [7, 11) is 0. The minimum atomic E-state index is 0.904. The van der Waals surface area contributed by atoms with E-state index in [0.29, 0.717) is 0 Å². The third-order valence-electron chi connectivity index (χ3n) is 10.1. The van der Waals surface area contributed by atoms with Gasteiger partial charge in [-0.2, -0.15) is 0 Å². The molecule has 10 aromatic rings. The highest BCUT2D eigenvalue weighted by Crippen LogP contribution is 2.48. The number of fused-ring (bicyclic) bond motifs is 7. The van der Waals surface area contributed by atoms with Crippen molar-refractivity contribution < 1.29 is 4.42 Å². The first-order valence-electron chi connectivity index (χ1n) is 16.8. The van der Waals surface area contributed by atoms with Crippen LogP contribution in [0.1, 0.15) is 0 Å². The van der Waals surface area contributed by atoms with Crippen LogP contribution < -0.4 is 0 Å². The second-order valence-corrected chi connectivity index (χ2v) is 12.8. The molecule has 0 bridgehead atoms. The molecule has 0 amide bonds. The van der Waals surface area contributed by atoms with E-state index in [2.05, 4.69) is 182 Å². The Morgan fingerprint density at radius 1 is 0.306 bits per heavy atom. The molecule has 0 saturated carbocycles. The summed E-state index contributed by atoms with van der Waals surface area (Å²) in [6.45, 7) is 0. The summed E-state index contributed by atoms with van der Waals surface area (Å²) in [5, 5.41) is 9.53. The first-order valence-corrected chi connectivity index (χ1v) is 16.8. The van der Waals surface area contributed by atoms with Crippen molar-refractivity contribution in [3.63, 3.8) is 0 Å². The Morgan fingerprint density at radius 2 is 0.857 bits per heavy atom. The first-order chi connectivity index (χ1) is 24.3. The van der Waals surface area contributed by atoms with E-state index in [1.54, 1.807) is 0 Å². The van der Waals surface area contributed by atoms with E-state index in [1.807, 2.05) is 0 Å². The molecule has 1 heterocycles. The standard InChI is InChI=1S/C48H30O/c1-3-12-31(13-4-1)33-22-24-35(25-23-33)45-38-18-9-10-19-39(38)46(43-30-36(27-28-40(43)45)32-14-5-2-6-15-32)41-20-11-21-44-47(41)42-29-26-34-16-7-8-17-37(34)48(42)49-44/h1-30H. The van der Waals surface area contributed by atoms with Crippen LogP contribution in [0, 0.1) is 0 Å². The molecule has 9 aromatic carbocycles. The van der Waals surface area contributed by atoms with Crippen LogP contribution in [0.3, 0.4) is 0 Å². The van der Waals surface area contributed by atoms with E-state index in [0.717, 1.165) is 27.3 Å². The summed E-state index contributed by atoms with van der Waals surface area (Å²) in [6, 6.07) is 65.7. The maximum atomic E-state index is 6.69. The summed E-state index contributed by atoms with van der Waals surface area (Å²) in [5.41, 5.74) is 11.6. The van der Waals surface area contributed by atoms with E-state index in [-0.39, 0.29) is 0 Å². The van der Waals surface area contributed by atoms with Crippen molar-refractivity contribution in [1.29, 1.82) is 0 Å². The minimum absolute atomic E-state index is 0.904. The molecule has 0 aliphatic heterocycles. The van der Waals surface area contributed by atoms with Gasteiger partial charge < -0.3 is 4.42 Å². The van der Waals surface area contributed by atoms with Crippen LogP contribution in [0.4, 0.5) is 0 Å². The van der Waals surface area contributed by atoms with Gasteiger partial charge in [0.1, 0.15) is 11.2 Å². The molecular weight excluding hydrogens is 593 g/mol. The van der Waals surface area contributed by atoms with E-state index < -0.39 is 0 Å². The molecule has 0 aliphatic carbocycles. The van der Waals surface area contributed by atoms with Crippen LogP contribution in [-0.2, 0) is 0 Å². The Labute approximate surface area is 284 Å². The van der Waals surface area contributed by atoms with Gasteiger partial charge in [-0.25, -0.2) is 0 Å². The quantitative estimate of drug-likeness (QED) is 0.178. The van der Waals surface area contributed by atoms with Crippen molar-refractivity contribution in [2.75, 3.05) is 0 Å². The number of hydrogen-bond donors (Lipinski definition) is 0. The van der Waals surface area contributed by atoms with E-state index in [9.17, 15) is 0 Å². The fourth-order valence-electron chi connectivity index (χ4n) is 7.81. The summed E-state index contributed by atoms with van der Waals surface area (Å²) < 4.78 is 6.69. The number of rotatable bonds is 4. The maximum Gasteiger partial charge on any atom is 0.143 e. The summed E-state index contributed by atoms with van der Waals surface area (Å²) in [6.07, 6.45) is 0. The summed E-state index contributed by atoms with van der Waals surface area (Å²) in [4.78, 5) is 0. The molecule has 0 saturated heterocycles. The lowest BCUT2D eigenvalue weighted by Gasteiger charge is -2.19. The van der Waals surface area contributed by atoms with Crippen molar-refractivity contribution in [1.82, 2.24) is 0 Å². The summed E-state index contributed by atoms with van der Waals surface area (Å²) in [5.74, 6) is 0. The lowest BCUT2D eigenvalue weighted by Crippen LogP contribution is -1.92. The Hall–Kier alpha value is -6.44. The highest BCUT2D eigenvalue weighted by molar-refractivity contribution is 6.27. The van der Waals surface area contributed by atoms with Crippen molar-refractivity contribution in [2.45, 2.75) is 0 Å². The third-order valence-corrected chi connectivity index (χ3v) is 10.1. The fourth-order valence-corrected chi connectivity index (χ4v) is 7.81. The maximum absolute atomic E-state index is 6.69. The average Bonchev–Trinajstić information content (AvgIpc) is 3.57. The van der Waals surface area contributed by atoms with E-state index in [1.165, 1.54) is 71.4 Å². The Kier molecular flexibility index (Phi) is 6.25. The van der Waals surface area contributed by atoms with Gasteiger partial charge in [-0.15, -0.1) is 0 Å². The van der Waals surface area contributed by atoms with Gasteiger partial charge in [0.2, 0.25) is 0 Å². The molecule has 1 aromatic heterocycles. The zero-order valence-corrected chi connectivity index (χ0v) is 26.7. The minimum Gasteiger partial charge on any atom is -0.455 e. The molecule has 49 heavy (non-hydrogen) atoms. The monoisotopic (exact) mass is 622 g/mol. The molecule has 10 rings (SSSR count). The molecule has 0 atom stereocenters. The van der Waals surface area contributed by atoms with Gasteiger partial charge in [0.15, 0.2) is 0 Å². The second-order valence-electron chi connectivity index (χ2n) is 12.8. The first kappa shape index (κ1) is 27.7. The van der Waals surface area contributed by atoms with Gasteiger partial charge in [-0.3, -0.25) is 0 Å². The normalized spacial score (nSPS) is 11.7. The van der Waals surface area contributed by atoms with Crippen molar-refractivity contribution in [3.05, 3.63) is 182 Å². The molecule has 0 N–H and O–H groups in total. The van der Waals surface area contributed by atoms with Crippen LogP contribution in [0.15, 0.2) is 186 Å². The smallest absolute Gasteiger partial charge is 0.143 e. The molecule has 1 nitrogen and oxygen atoms in total. The van der Waals surface area contributed by atoms with Gasteiger partial charge in [0.25, 0.3) is 0 Å². The number of furan rings is 1. The molecule has 1 heteroatoms. The second kappa shape index (κ2) is 11.1. The van der Waals surface area contributed by atoms with Crippen molar-refractivity contribution in [3.8, 4) is 44.5 Å². The largest absolute Gasteiger partial charge is 0.455 e.